The molecule has 0 aliphatic carbocycles. The van der Waals surface area contributed by atoms with E-state index in [9.17, 15) is 0 Å². The maximum atomic E-state index is 2.35. The van der Waals surface area contributed by atoms with Crippen molar-refractivity contribution in [3.05, 3.63) is 21.9 Å². The zero-order valence-electron chi connectivity index (χ0n) is 7.39. The van der Waals surface area contributed by atoms with Gasteiger partial charge in [-0.3, -0.25) is 0 Å². The van der Waals surface area contributed by atoms with E-state index in [0.29, 0.717) is 0 Å². The number of fused-ring (bicyclic) bond motifs is 1. The Morgan fingerprint density at radius 3 is 2.92 bits per heavy atom. The van der Waals surface area contributed by atoms with Gasteiger partial charge in [0.1, 0.15) is 0 Å². The number of hydrogen-bond acceptors (Lipinski definition) is 2. The molecule has 0 radical (unpaired) electrons. The van der Waals surface area contributed by atoms with Gasteiger partial charge in [0.2, 0.25) is 0 Å². The third-order valence-corrected chi connectivity index (χ3v) is 4.47. The Balaban J connectivity index is 2.48. The zero-order valence-corrected chi connectivity index (χ0v) is 9.02. The molecule has 2 rings (SSSR count). The van der Waals surface area contributed by atoms with Crippen LogP contribution in [0.2, 0.25) is 0 Å². The summed E-state index contributed by atoms with van der Waals surface area (Å²) >= 11 is 3.84. The average Bonchev–Trinajstić information content (AvgIpc) is 2.55. The van der Waals surface area contributed by atoms with Crippen LogP contribution in [0.5, 0.6) is 0 Å². The van der Waals surface area contributed by atoms with E-state index in [4.69, 9.17) is 0 Å². The monoisotopic (exact) mass is 196 g/mol. The van der Waals surface area contributed by atoms with E-state index in [-0.39, 0.29) is 0 Å². The van der Waals surface area contributed by atoms with Crippen LogP contribution < -0.4 is 0 Å². The van der Waals surface area contributed by atoms with Gasteiger partial charge in [0, 0.05) is 14.3 Å². The summed E-state index contributed by atoms with van der Waals surface area (Å²) in [7, 11) is 0. The largest absolute Gasteiger partial charge is 0.143 e. The van der Waals surface area contributed by atoms with E-state index in [1.807, 2.05) is 22.7 Å². The van der Waals surface area contributed by atoms with Gasteiger partial charge < -0.3 is 0 Å². The maximum Gasteiger partial charge on any atom is 0.0482 e. The van der Waals surface area contributed by atoms with Gasteiger partial charge in [0.15, 0.2) is 0 Å². The summed E-state index contributed by atoms with van der Waals surface area (Å²) in [6.07, 6.45) is 2.50. The summed E-state index contributed by atoms with van der Waals surface area (Å²) in [5.74, 6) is 0. The third kappa shape index (κ3) is 1.29. The predicted molar refractivity (Wildman–Crippen MR) is 58.4 cm³/mol. The minimum absolute atomic E-state index is 1.24. The van der Waals surface area contributed by atoms with E-state index >= 15 is 0 Å². The SMILES string of the molecule is CCCc1cc2scc(C)c2s1. The van der Waals surface area contributed by atoms with Gasteiger partial charge in [-0.05, 0) is 30.4 Å². The van der Waals surface area contributed by atoms with Gasteiger partial charge >= 0.3 is 0 Å². The fraction of sp³-hybridized carbons (Fsp3) is 0.400. The summed E-state index contributed by atoms with van der Waals surface area (Å²) in [5.41, 5.74) is 1.45. The predicted octanol–water partition coefficient (Wildman–Crippen LogP) is 4.22. The summed E-state index contributed by atoms with van der Waals surface area (Å²) in [6, 6.07) is 2.35. The Kier molecular flexibility index (Phi) is 2.20. The highest BCUT2D eigenvalue weighted by Crippen LogP contribution is 2.33. The molecule has 12 heavy (non-hydrogen) atoms. The first-order chi connectivity index (χ1) is 5.81. The highest BCUT2D eigenvalue weighted by molar-refractivity contribution is 7.27. The van der Waals surface area contributed by atoms with Crippen molar-refractivity contribution in [3.8, 4) is 0 Å². The van der Waals surface area contributed by atoms with Crippen LogP contribution in [-0.4, -0.2) is 0 Å². The molecule has 0 atom stereocenters. The molecular formula is C10H12S2. The molecule has 2 heteroatoms. The molecule has 2 aromatic rings. The molecule has 0 bridgehead atoms. The summed E-state index contributed by atoms with van der Waals surface area (Å²) in [4.78, 5) is 1.54. The molecule has 0 saturated heterocycles. The van der Waals surface area contributed by atoms with Crippen molar-refractivity contribution in [2.75, 3.05) is 0 Å². The van der Waals surface area contributed by atoms with Gasteiger partial charge in [0.25, 0.3) is 0 Å². The molecular weight excluding hydrogens is 184 g/mol. The standard InChI is InChI=1S/C10H12S2/c1-3-4-8-5-9-10(12-8)7(2)6-11-9/h5-6H,3-4H2,1-2H3. The molecule has 2 aromatic heterocycles. The van der Waals surface area contributed by atoms with E-state index in [0.717, 1.165) is 0 Å². The van der Waals surface area contributed by atoms with Crippen LogP contribution >= 0.6 is 22.7 Å². The minimum atomic E-state index is 1.24. The fourth-order valence-corrected chi connectivity index (χ4v) is 3.80. The van der Waals surface area contributed by atoms with Crippen molar-refractivity contribution >= 4 is 32.1 Å². The van der Waals surface area contributed by atoms with Crippen LogP contribution in [0.15, 0.2) is 11.4 Å². The van der Waals surface area contributed by atoms with Crippen LogP contribution in [0, 0.1) is 6.92 Å². The Bertz CT molecular complexity index is 381. The lowest BCUT2D eigenvalue weighted by molar-refractivity contribution is 0.941. The third-order valence-electron chi connectivity index (χ3n) is 1.97. The van der Waals surface area contributed by atoms with Crippen LogP contribution in [0.3, 0.4) is 0 Å². The maximum absolute atomic E-state index is 2.35. The van der Waals surface area contributed by atoms with Gasteiger partial charge in [-0.15, -0.1) is 22.7 Å². The van der Waals surface area contributed by atoms with Crippen LogP contribution in [0.1, 0.15) is 23.8 Å². The topological polar surface area (TPSA) is 0 Å². The van der Waals surface area contributed by atoms with Crippen LogP contribution in [-0.2, 0) is 6.42 Å². The molecule has 0 aliphatic heterocycles. The summed E-state index contributed by atoms with van der Waals surface area (Å²) in [5, 5.41) is 2.25. The normalized spacial score (nSPS) is 11.2. The number of thiophene rings is 2. The number of hydrogen-bond donors (Lipinski definition) is 0. The van der Waals surface area contributed by atoms with Crippen LogP contribution in [0.25, 0.3) is 9.40 Å². The van der Waals surface area contributed by atoms with Crippen molar-refractivity contribution < 1.29 is 0 Å². The lowest BCUT2D eigenvalue weighted by atomic mass is 10.3. The minimum Gasteiger partial charge on any atom is -0.143 e. The molecule has 2 heterocycles. The Morgan fingerprint density at radius 2 is 2.25 bits per heavy atom. The second-order valence-electron chi connectivity index (χ2n) is 3.07. The average molecular weight is 196 g/mol. The first kappa shape index (κ1) is 8.27. The summed E-state index contributed by atoms with van der Waals surface area (Å²) in [6.45, 7) is 4.44. The van der Waals surface area contributed by atoms with Crippen LogP contribution in [0.4, 0.5) is 0 Å². The van der Waals surface area contributed by atoms with Crippen molar-refractivity contribution in [3.63, 3.8) is 0 Å². The van der Waals surface area contributed by atoms with Crippen molar-refractivity contribution in [1.29, 1.82) is 0 Å². The molecule has 0 nitrogen and oxygen atoms in total. The smallest absolute Gasteiger partial charge is 0.0482 e. The molecule has 0 amide bonds. The Hall–Kier alpha value is -0.340. The van der Waals surface area contributed by atoms with E-state index in [1.165, 1.54) is 27.8 Å². The molecule has 0 spiro atoms. The van der Waals surface area contributed by atoms with E-state index in [2.05, 4.69) is 25.3 Å². The zero-order chi connectivity index (χ0) is 8.55. The first-order valence-corrected chi connectivity index (χ1v) is 5.97. The fourth-order valence-electron chi connectivity index (χ4n) is 1.36. The summed E-state index contributed by atoms with van der Waals surface area (Å²) < 4.78 is 2.98. The highest BCUT2D eigenvalue weighted by Gasteiger charge is 2.04. The second kappa shape index (κ2) is 3.19. The molecule has 0 unspecified atom stereocenters. The Morgan fingerprint density at radius 1 is 1.42 bits per heavy atom. The van der Waals surface area contributed by atoms with Crippen molar-refractivity contribution in [2.45, 2.75) is 26.7 Å². The molecule has 0 N–H and O–H groups in total. The number of rotatable bonds is 2. The molecule has 64 valence electrons. The molecule has 0 saturated carbocycles. The van der Waals surface area contributed by atoms with Gasteiger partial charge in [-0.2, -0.15) is 0 Å². The van der Waals surface area contributed by atoms with E-state index < -0.39 is 0 Å². The molecule has 0 aliphatic rings. The Labute approximate surface area is 80.9 Å². The first-order valence-electron chi connectivity index (χ1n) is 4.27. The van der Waals surface area contributed by atoms with Gasteiger partial charge in [-0.1, -0.05) is 13.3 Å². The lowest BCUT2D eigenvalue weighted by Gasteiger charge is -1.87. The highest BCUT2D eigenvalue weighted by atomic mass is 32.1. The van der Waals surface area contributed by atoms with Crippen molar-refractivity contribution in [1.82, 2.24) is 0 Å². The quantitative estimate of drug-likeness (QED) is 0.674. The molecule has 0 fully saturated rings. The molecule has 0 aromatic carbocycles. The second-order valence-corrected chi connectivity index (χ2v) is 5.12. The van der Waals surface area contributed by atoms with Crippen molar-refractivity contribution in [2.24, 2.45) is 0 Å². The van der Waals surface area contributed by atoms with Gasteiger partial charge in [0.05, 0.1) is 0 Å². The van der Waals surface area contributed by atoms with Gasteiger partial charge in [-0.25, -0.2) is 0 Å². The lowest BCUT2D eigenvalue weighted by Crippen LogP contribution is -1.72. The van der Waals surface area contributed by atoms with E-state index in [1.54, 1.807) is 4.88 Å². The number of aryl methyl sites for hydroxylation is 2.